The van der Waals surface area contributed by atoms with E-state index in [0.29, 0.717) is 16.3 Å². The Balaban J connectivity index is 2.18. The molecule has 1 aromatic carbocycles. The van der Waals surface area contributed by atoms with Crippen molar-refractivity contribution in [3.8, 4) is 11.5 Å². The van der Waals surface area contributed by atoms with Crippen LogP contribution in [0.4, 0.5) is 0 Å². The number of ether oxygens (including phenoxy) is 2. The molecular formula is C14H16N2O3S. The van der Waals surface area contributed by atoms with Crippen molar-refractivity contribution in [1.82, 2.24) is 4.57 Å². The van der Waals surface area contributed by atoms with Crippen LogP contribution in [0, 0.1) is 0 Å². The molecule has 0 radical (unpaired) electrons. The zero-order chi connectivity index (χ0) is 14.5. The number of aryl methyl sites for hydroxylation is 1. The summed E-state index contributed by atoms with van der Waals surface area (Å²) in [6.45, 7) is 0. The summed E-state index contributed by atoms with van der Waals surface area (Å²) >= 11 is 1.43. The predicted molar refractivity (Wildman–Crippen MR) is 77.1 cm³/mol. The van der Waals surface area contributed by atoms with Crippen molar-refractivity contribution in [1.29, 1.82) is 0 Å². The third-order valence-electron chi connectivity index (χ3n) is 2.78. The maximum Gasteiger partial charge on any atom is 0.252 e. The van der Waals surface area contributed by atoms with Crippen molar-refractivity contribution in [3.63, 3.8) is 0 Å². The van der Waals surface area contributed by atoms with Crippen molar-refractivity contribution in [2.24, 2.45) is 12.0 Å². The van der Waals surface area contributed by atoms with Crippen molar-refractivity contribution in [2.75, 3.05) is 14.2 Å². The number of amides is 1. The molecule has 0 fully saturated rings. The van der Waals surface area contributed by atoms with Crippen molar-refractivity contribution >= 4 is 17.2 Å². The number of hydrogen-bond donors (Lipinski definition) is 0. The van der Waals surface area contributed by atoms with Crippen LogP contribution in [0.25, 0.3) is 0 Å². The Morgan fingerprint density at radius 1 is 1.30 bits per heavy atom. The van der Waals surface area contributed by atoms with Gasteiger partial charge in [-0.1, -0.05) is 6.07 Å². The molecule has 2 rings (SSSR count). The molecule has 5 nitrogen and oxygen atoms in total. The topological polar surface area (TPSA) is 52.8 Å². The van der Waals surface area contributed by atoms with Gasteiger partial charge in [-0.05, 0) is 17.7 Å². The van der Waals surface area contributed by atoms with E-state index in [9.17, 15) is 4.79 Å². The van der Waals surface area contributed by atoms with Gasteiger partial charge in [-0.15, -0.1) is 11.3 Å². The Bertz CT molecular complexity index is 673. The molecule has 2 aromatic rings. The second-order valence-corrected chi connectivity index (χ2v) is 5.04. The largest absolute Gasteiger partial charge is 0.493 e. The van der Waals surface area contributed by atoms with Gasteiger partial charge in [0.05, 0.1) is 20.6 Å². The molecule has 1 heterocycles. The van der Waals surface area contributed by atoms with Gasteiger partial charge in [-0.25, -0.2) is 0 Å². The summed E-state index contributed by atoms with van der Waals surface area (Å²) in [6.07, 6.45) is 2.10. The fourth-order valence-corrected chi connectivity index (χ4v) is 2.49. The number of hydrogen-bond acceptors (Lipinski definition) is 4. The molecule has 0 aliphatic rings. The number of aromatic nitrogens is 1. The standard InChI is InChI=1S/C14H16N2O3S/c1-16-6-7-20-14(16)15-13(17)9-10-4-5-11(18-2)12(8-10)19-3/h4-8H,9H2,1-3H3. The first-order chi connectivity index (χ1) is 9.63. The molecule has 0 aliphatic carbocycles. The molecule has 0 spiro atoms. The summed E-state index contributed by atoms with van der Waals surface area (Å²) in [5, 5.41) is 1.89. The lowest BCUT2D eigenvalue weighted by Crippen LogP contribution is -2.13. The first kappa shape index (κ1) is 14.3. The van der Waals surface area contributed by atoms with Gasteiger partial charge in [0.1, 0.15) is 0 Å². The fourth-order valence-electron chi connectivity index (χ4n) is 1.75. The highest BCUT2D eigenvalue weighted by atomic mass is 32.1. The highest BCUT2D eigenvalue weighted by Crippen LogP contribution is 2.27. The number of rotatable bonds is 4. The highest BCUT2D eigenvalue weighted by Gasteiger charge is 2.08. The zero-order valence-corrected chi connectivity index (χ0v) is 12.4. The van der Waals surface area contributed by atoms with Crippen LogP contribution in [0.2, 0.25) is 0 Å². The van der Waals surface area contributed by atoms with Gasteiger partial charge in [0.15, 0.2) is 16.3 Å². The van der Waals surface area contributed by atoms with Crippen LogP contribution in [0.1, 0.15) is 5.56 Å². The second kappa shape index (κ2) is 6.38. The number of carbonyl (C=O) groups excluding carboxylic acids is 1. The average Bonchev–Trinajstić information content (AvgIpc) is 2.84. The lowest BCUT2D eigenvalue weighted by molar-refractivity contribution is -0.117. The number of thiazole rings is 1. The van der Waals surface area contributed by atoms with Crippen LogP contribution in [0.5, 0.6) is 11.5 Å². The highest BCUT2D eigenvalue weighted by molar-refractivity contribution is 7.07. The molecule has 20 heavy (non-hydrogen) atoms. The Morgan fingerprint density at radius 2 is 2.05 bits per heavy atom. The van der Waals surface area contributed by atoms with Crippen LogP contribution < -0.4 is 14.3 Å². The summed E-state index contributed by atoms with van der Waals surface area (Å²) < 4.78 is 12.2. The smallest absolute Gasteiger partial charge is 0.252 e. The molecule has 1 aromatic heterocycles. The van der Waals surface area contributed by atoms with E-state index in [4.69, 9.17) is 9.47 Å². The van der Waals surface area contributed by atoms with Gasteiger partial charge in [-0.2, -0.15) is 4.99 Å². The average molecular weight is 292 g/mol. The van der Waals surface area contributed by atoms with E-state index in [-0.39, 0.29) is 12.3 Å². The molecule has 0 saturated carbocycles. The van der Waals surface area contributed by atoms with Gasteiger partial charge in [-0.3, -0.25) is 4.79 Å². The minimum Gasteiger partial charge on any atom is -0.493 e. The van der Waals surface area contributed by atoms with Crippen molar-refractivity contribution in [3.05, 3.63) is 40.1 Å². The van der Waals surface area contributed by atoms with Gasteiger partial charge >= 0.3 is 0 Å². The fraction of sp³-hybridized carbons (Fsp3) is 0.286. The van der Waals surface area contributed by atoms with Crippen molar-refractivity contribution in [2.45, 2.75) is 6.42 Å². The minimum atomic E-state index is -0.185. The Labute approximate surface area is 121 Å². The van der Waals surface area contributed by atoms with E-state index in [2.05, 4.69) is 4.99 Å². The maximum atomic E-state index is 11.9. The van der Waals surface area contributed by atoms with Crippen LogP contribution in [-0.4, -0.2) is 24.7 Å². The number of carbonyl (C=O) groups is 1. The first-order valence-corrected chi connectivity index (χ1v) is 6.90. The normalized spacial score (nSPS) is 11.4. The Kier molecular flexibility index (Phi) is 4.57. The zero-order valence-electron chi connectivity index (χ0n) is 11.6. The van der Waals surface area contributed by atoms with E-state index >= 15 is 0 Å². The molecular weight excluding hydrogens is 276 g/mol. The maximum absolute atomic E-state index is 11.9. The molecule has 0 saturated heterocycles. The monoisotopic (exact) mass is 292 g/mol. The number of nitrogens with zero attached hydrogens (tertiary/aromatic N) is 2. The van der Waals surface area contributed by atoms with E-state index < -0.39 is 0 Å². The molecule has 0 aliphatic heterocycles. The van der Waals surface area contributed by atoms with E-state index in [0.717, 1.165) is 5.56 Å². The summed E-state index contributed by atoms with van der Waals surface area (Å²) in [5.41, 5.74) is 0.843. The van der Waals surface area contributed by atoms with Gasteiger partial charge in [0.25, 0.3) is 5.91 Å². The van der Waals surface area contributed by atoms with E-state index in [1.54, 1.807) is 26.4 Å². The van der Waals surface area contributed by atoms with Gasteiger partial charge in [0, 0.05) is 18.6 Å². The number of methoxy groups -OCH3 is 2. The van der Waals surface area contributed by atoms with Gasteiger partial charge < -0.3 is 14.0 Å². The van der Waals surface area contributed by atoms with E-state index in [1.807, 2.05) is 29.3 Å². The van der Waals surface area contributed by atoms with Crippen LogP contribution in [0.3, 0.4) is 0 Å². The SMILES string of the molecule is COc1ccc(CC(=O)N=c2sccn2C)cc1OC. The molecule has 0 N–H and O–H groups in total. The molecule has 106 valence electrons. The molecule has 1 amide bonds. The van der Waals surface area contributed by atoms with Crippen LogP contribution >= 0.6 is 11.3 Å². The molecule has 6 heteroatoms. The lowest BCUT2D eigenvalue weighted by Gasteiger charge is -2.08. The second-order valence-electron chi connectivity index (χ2n) is 4.17. The third kappa shape index (κ3) is 3.27. The lowest BCUT2D eigenvalue weighted by atomic mass is 10.1. The van der Waals surface area contributed by atoms with E-state index in [1.165, 1.54) is 11.3 Å². The third-order valence-corrected chi connectivity index (χ3v) is 3.63. The van der Waals surface area contributed by atoms with Crippen molar-refractivity contribution < 1.29 is 14.3 Å². The number of benzene rings is 1. The molecule has 0 unspecified atom stereocenters. The quantitative estimate of drug-likeness (QED) is 0.863. The predicted octanol–water partition coefficient (Wildman–Crippen LogP) is 1.77. The Hall–Kier alpha value is -2.08. The Morgan fingerprint density at radius 3 is 2.65 bits per heavy atom. The summed E-state index contributed by atoms with van der Waals surface area (Å²) in [7, 11) is 5.01. The molecule has 0 bridgehead atoms. The molecule has 0 atom stereocenters. The summed E-state index contributed by atoms with van der Waals surface area (Å²) in [4.78, 5) is 16.7. The minimum absolute atomic E-state index is 0.185. The van der Waals surface area contributed by atoms with Crippen LogP contribution in [-0.2, 0) is 18.3 Å². The van der Waals surface area contributed by atoms with Gasteiger partial charge in [0.2, 0.25) is 0 Å². The first-order valence-electron chi connectivity index (χ1n) is 6.02. The summed E-state index contributed by atoms with van der Waals surface area (Å²) in [6, 6.07) is 5.41. The van der Waals surface area contributed by atoms with Crippen LogP contribution in [0.15, 0.2) is 34.8 Å². The summed E-state index contributed by atoms with van der Waals surface area (Å²) in [5.74, 6) is 1.07.